The molecule has 1 aliphatic rings. The molecule has 0 bridgehead atoms. The monoisotopic (exact) mass is 343 g/mol. The summed E-state index contributed by atoms with van der Waals surface area (Å²) in [7, 11) is 0. The summed E-state index contributed by atoms with van der Waals surface area (Å²) < 4.78 is 0. The van der Waals surface area contributed by atoms with E-state index in [1.54, 1.807) is 0 Å². The van der Waals surface area contributed by atoms with Crippen LogP contribution in [0.5, 0.6) is 0 Å². The molecular formula is C25H29N. The molecular weight excluding hydrogens is 314 g/mol. The third kappa shape index (κ3) is 3.31. The maximum atomic E-state index is 5.05. The van der Waals surface area contributed by atoms with Gasteiger partial charge >= 0.3 is 0 Å². The topological polar surface area (TPSA) is 12.4 Å². The van der Waals surface area contributed by atoms with E-state index >= 15 is 0 Å². The van der Waals surface area contributed by atoms with Crippen LogP contribution < -0.4 is 0 Å². The van der Waals surface area contributed by atoms with Crippen molar-refractivity contribution < 1.29 is 0 Å². The lowest BCUT2D eigenvalue weighted by molar-refractivity contribution is 0.935. The van der Waals surface area contributed by atoms with Crippen molar-refractivity contribution in [1.29, 1.82) is 0 Å². The number of rotatable bonds is 3. The van der Waals surface area contributed by atoms with Gasteiger partial charge in [-0.15, -0.1) is 0 Å². The largest absolute Gasteiger partial charge is 0.253 e. The van der Waals surface area contributed by atoms with Crippen LogP contribution >= 0.6 is 0 Å². The third-order valence-electron chi connectivity index (χ3n) is 5.53. The van der Waals surface area contributed by atoms with Crippen LogP contribution in [0.3, 0.4) is 0 Å². The molecule has 1 atom stereocenters. The quantitative estimate of drug-likeness (QED) is 0.525. The van der Waals surface area contributed by atoms with Crippen molar-refractivity contribution in [2.24, 2.45) is 4.99 Å². The summed E-state index contributed by atoms with van der Waals surface area (Å²) in [5.74, 6) is 0.372. The fourth-order valence-corrected chi connectivity index (χ4v) is 4.24. The van der Waals surface area contributed by atoms with Gasteiger partial charge in [0.05, 0.1) is 5.69 Å². The average Bonchev–Trinajstić information content (AvgIpc) is 2.83. The minimum Gasteiger partial charge on any atom is -0.253 e. The fraction of sp³-hybridized carbons (Fsp3) is 0.320. The Balaban J connectivity index is 2.11. The minimum atomic E-state index is 0.372. The highest BCUT2D eigenvalue weighted by Crippen LogP contribution is 2.40. The van der Waals surface area contributed by atoms with Crippen molar-refractivity contribution in [3.05, 3.63) is 87.0 Å². The van der Waals surface area contributed by atoms with Gasteiger partial charge in [-0.3, -0.25) is 4.99 Å². The van der Waals surface area contributed by atoms with Gasteiger partial charge in [0.2, 0.25) is 0 Å². The van der Waals surface area contributed by atoms with Crippen LogP contribution in [-0.4, -0.2) is 5.71 Å². The first-order chi connectivity index (χ1) is 12.3. The molecule has 0 saturated carbocycles. The van der Waals surface area contributed by atoms with Gasteiger partial charge in [0.1, 0.15) is 0 Å². The molecule has 0 radical (unpaired) electrons. The predicted molar refractivity (Wildman–Crippen MR) is 114 cm³/mol. The fourth-order valence-electron chi connectivity index (χ4n) is 4.24. The van der Waals surface area contributed by atoms with Crippen LogP contribution in [0.15, 0.2) is 64.2 Å². The van der Waals surface area contributed by atoms with Gasteiger partial charge in [-0.2, -0.15) is 0 Å². The Morgan fingerprint density at radius 1 is 0.885 bits per heavy atom. The van der Waals surface area contributed by atoms with E-state index in [0.717, 1.165) is 11.4 Å². The number of aryl methyl sites for hydroxylation is 3. The van der Waals surface area contributed by atoms with Gasteiger partial charge in [-0.05, 0) is 70.7 Å². The highest BCUT2D eigenvalue weighted by atomic mass is 14.8. The highest BCUT2D eigenvalue weighted by Gasteiger charge is 2.24. The van der Waals surface area contributed by atoms with Gasteiger partial charge < -0.3 is 0 Å². The summed E-state index contributed by atoms with van der Waals surface area (Å²) in [4.78, 5) is 5.05. The summed E-state index contributed by atoms with van der Waals surface area (Å²) in [5, 5.41) is 0. The van der Waals surface area contributed by atoms with Crippen molar-refractivity contribution in [3.63, 3.8) is 0 Å². The first kappa shape index (κ1) is 18.4. The minimum absolute atomic E-state index is 0.372. The van der Waals surface area contributed by atoms with Crippen LogP contribution in [0, 0.1) is 20.8 Å². The first-order valence-electron chi connectivity index (χ1n) is 9.37. The Kier molecular flexibility index (Phi) is 5.00. The van der Waals surface area contributed by atoms with Crippen LogP contribution in [0.25, 0.3) is 0 Å². The molecule has 2 aromatic carbocycles. The Morgan fingerprint density at radius 2 is 1.50 bits per heavy atom. The molecule has 1 heteroatoms. The van der Waals surface area contributed by atoms with E-state index < -0.39 is 0 Å². The van der Waals surface area contributed by atoms with Crippen LogP contribution in [-0.2, 0) is 0 Å². The molecule has 0 N–H and O–H groups in total. The lowest BCUT2D eigenvalue weighted by Gasteiger charge is -2.20. The maximum absolute atomic E-state index is 5.05. The van der Waals surface area contributed by atoms with Gasteiger partial charge in [-0.1, -0.05) is 64.8 Å². The van der Waals surface area contributed by atoms with Crippen molar-refractivity contribution in [1.82, 2.24) is 0 Å². The molecule has 0 fully saturated rings. The number of allylic oxidation sites excluding steroid dienone is 4. The zero-order valence-corrected chi connectivity index (χ0v) is 17.1. The predicted octanol–water partition coefficient (Wildman–Crippen LogP) is 7.13. The lowest BCUT2D eigenvalue weighted by Crippen LogP contribution is -2.07. The van der Waals surface area contributed by atoms with E-state index in [9.17, 15) is 0 Å². The second-order valence-corrected chi connectivity index (χ2v) is 7.72. The SMILES string of the molecule is CC1=CC(C)=C(C)C1c1ccccc1C(C)=Nc1c(C)cc(C)cc1C. The standard InChI is InChI=1S/C25H29N/c1-15-12-18(4)25(19(5)13-15)26-21(7)22-10-8-9-11-23(22)24-17(3)14-16(2)20(24)6/h8-14,24H,1-7H3. The summed E-state index contributed by atoms with van der Waals surface area (Å²) in [6.45, 7) is 15.3. The van der Waals surface area contributed by atoms with Crippen LogP contribution in [0.1, 0.15) is 61.4 Å². The van der Waals surface area contributed by atoms with E-state index in [4.69, 9.17) is 4.99 Å². The molecule has 3 rings (SSSR count). The zero-order valence-electron chi connectivity index (χ0n) is 17.1. The molecule has 1 nitrogen and oxygen atoms in total. The van der Waals surface area contributed by atoms with E-state index in [0.29, 0.717) is 5.92 Å². The molecule has 0 aromatic heterocycles. The van der Waals surface area contributed by atoms with Gasteiger partial charge in [0, 0.05) is 11.6 Å². The molecule has 0 aliphatic heterocycles. The molecule has 1 unspecified atom stereocenters. The smallest absolute Gasteiger partial charge is 0.0691 e. The van der Waals surface area contributed by atoms with Crippen molar-refractivity contribution in [2.75, 3.05) is 0 Å². The highest BCUT2D eigenvalue weighted by molar-refractivity contribution is 6.02. The number of hydrogen-bond donors (Lipinski definition) is 0. The average molecular weight is 344 g/mol. The second kappa shape index (κ2) is 7.07. The molecule has 0 heterocycles. The normalized spacial score (nSPS) is 17.7. The number of benzene rings is 2. The summed E-state index contributed by atoms with van der Waals surface area (Å²) >= 11 is 0. The van der Waals surface area contributed by atoms with E-state index in [2.05, 4.69) is 90.9 Å². The molecule has 1 aliphatic carbocycles. The summed E-state index contributed by atoms with van der Waals surface area (Å²) in [6.07, 6.45) is 2.32. The molecule has 0 amide bonds. The lowest BCUT2D eigenvalue weighted by atomic mass is 9.85. The molecule has 0 saturated heterocycles. The first-order valence-corrected chi connectivity index (χ1v) is 9.37. The van der Waals surface area contributed by atoms with Crippen molar-refractivity contribution in [3.8, 4) is 0 Å². The Labute approximate surface area is 158 Å². The Hall–Kier alpha value is -2.41. The van der Waals surface area contributed by atoms with E-state index in [1.807, 2.05) is 0 Å². The molecule has 134 valence electrons. The Morgan fingerprint density at radius 3 is 2.08 bits per heavy atom. The van der Waals surface area contributed by atoms with E-state index in [-0.39, 0.29) is 0 Å². The van der Waals surface area contributed by atoms with Crippen molar-refractivity contribution >= 4 is 11.4 Å². The van der Waals surface area contributed by atoms with Gasteiger partial charge in [0.25, 0.3) is 0 Å². The number of nitrogens with zero attached hydrogens (tertiary/aromatic N) is 1. The van der Waals surface area contributed by atoms with Crippen molar-refractivity contribution in [2.45, 2.75) is 54.4 Å². The maximum Gasteiger partial charge on any atom is 0.0691 e. The Bertz CT molecular complexity index is 931. The van der Waals surface area contributed by atoms with Crippen LogP contribution in [0.4, 0.5) is 5.69 Å². The van der Waals surface area contributed by atoms with Gasteiger partial charge in [0.15, 0.2) is 0 Å². The molecule has 26 heavy (non-hydrogen) atoms. The number of aliphatic imine (C=N–C) groups is 1. The van der Waals surface area contributed by atoms with E-state index in [1.165, 1.54) is 44.5 Å². The van der Waals surface area contributed by atoms with Crippen LogP contribution in [0.2, 0.25) is 0 Å². The summed E-state index contributed by atoms with van der Waals surface area (Å²) in [5.41, 5.74) is 12.8. The molecule has 2 aromatic rings. The zero-order chi connectivity index (χ0) is 19.0. The summed E-state index contributed by atoms with van der Waals surface area (Å²) in [6, 6.07) is 13.2. The number of hydrogen-bond acceptors (Lipinski definition) is 1. The van der Waals surface area contributed by atoms with Gasteiger partial charge in [-0.25, -0.2) is 0 Å². The molecule has 0 spiro atoms. The second-order valence-electron chi connectivity index (χ2n) is 7.72. The third-order valence-corrected chi connectivity index (χ3v) is 5.53.